The topological polar surface area (TPSA) is 35.9 Å². The summed E-state index contributed by atoms with van der Waals surface area (Å²) in [5, 5.41) is 10.6. The molecule has 1 aliphatic heterocycles. The summed E-state index contributed by atoms with van der Waals surface area (Å²) < 4.78 is 45.2. The number of piperazine rings is 1. The van der Waals surface area contributed by atoms with Gasteiger partial charge in [0.2, 0.25) is 0 Å². The van der Waals surface area contributed by atoms with Crippen LogP contribution in [0.4, 0.5) is 18.9 Å². The summed E-state index contributed by atoms with van der Waals surface area (Å²) in [7, 11) is 0. The van der Waals surface area contributed by atoms with Crippen LogP contribution in [0.15, 0.2) is 24.3 Å². The van der Waals surface area contributed by atoms with Crippen LogP contribution < -0.4 is 4.90 Å². The number of halogens is 3. The van der Waals surface area contributed by atoms with E-state index in [9.17, 15) is 18.3 Å². The average Bonchev–Trinajstić information content (AvgIpc) is 3.19. The van der Waals surface area contributed by atoms with Crippen molar-refractivity contribution in [2.45, 2.75) is 58.4 Å². The maximum absolute atomic E-state index is 13.0. The highest BCUT2D eigenvalue weighted by molar-refractivity contribution is 5.49. The standard InChI is InChI=1S/C24H35F3N2O2/c1-22(2)18-7-8-23(3,14-18)21(22)31-16-20(30)15-28-9-11-29(12-10-28)19-6-4-5-17(13-19)24(25,26)27/h4-6,13,18,20-21,30H,7-12,14-16H2,1-3H3/t18-,20-,21-,23+/m1/s1. The minimum Gasteiger partial charge on any atom is -0.389 e. The molecule has 0 aromatic heterocycles. The molecule has 1 heterocycles. The monoisotopic (exact) mass is 440 g/mol. The molecule has 0 amide bonds. The van der Waals surface area contributed by atoms with Crippen molar-refractivity contribution in [1.82, 2.24) is 4.90 Å². The van der Waals surface area contributed by atoms with Crippen molar-refractivity contribution in [3.05, 3.63) is 29.8 Å². The van der Waals surface area contributed by atoms with Gasteiger partial charge in [-0.2, -0.15) is 13.2 Å². The van der Waals surface area contributed by atoms with Crippen molar-refractivity contribution >= 4 is 5.69 Å². The highest BCUT2D eigenvalue weighted by Crippen LogP contribution is 2.63. The molecule has 3 fully saturated rings. The zero-order valence-corrected chi connectivity index (χ0v) is 18.8. The summed E-state index contributed by atoms with van der Waals surface area (Å²) in [6, 6.07) is 5.51. The number of nitrogens with zero attached hydrogens (tertiary/aromatic N) is 2. The Morgan fingerprint density at radius 2 is 1.87 bits per heavy atom. The molecule has 2 saturated carbocycles. The van der Waals surface area contributed by atoms with Crippen LogP contribution >= 0.6 is 0 Å². The molecule has 1 aromatic carbocycles. The summed E-state index contributed by atoms with van der Waals surface area (Å²) in [6.45, 7) is 10.5. The number of hydrogen-bond acceptors (Lipinski definition) is 4. The third-order valence-electron chi connectivity index (χ3n) is 7.97. The Morgan fingerprint density at radius 1 is 1.16 bits per heavy atom. The minimum absolute atomic E-state index is 0.156. The number of β-amino-alcohol motifs (C(OH)–C–C–N with tert-alkyl or cyclic N) is 1. The molecule has 4 rings (SSSR count). The molecule has 4 nitrogen and oxygen atoms in total. The fraction of sp³-hybridized carbons (Fsp3) is 0.750. The van der Waals surface area contributed by atoms with Crippen molar-refractivity contribution < 1.29 is 23.0 Å². The maximum Gasteiger partial charge on any atom is 0.416 e. The SMILES string of the molecule is CC1(C)[C@@H]2CC[C@@](C)(C2)[C@@H]1OC[C@H](O)CN1CCN(c2cccc(C(F)(F)F)c2)CC1. The van der Waals surface area contributed by atoms with E-state index in [1.54, 1.807) is 6.07 Å². The number of anilines is 1. The average molecular weight is 441 g/mol. The van der Waals surface area contributed by atoms with Gasteiger partial charge in [0.1, 0.15) is 0 Å². The predicted octanol–water partition coefficient (Wildman–Crippen LogP) is 4.42. The van der Waals surface area contributed by atoms with Crippen LogP contribution in [0, 0.1) is 16.7 Å². The van der Waals surface area contributed by atoms with Crippen LogP contribution in [-0.4, -0.2) is 61.5 Å². The molecule has 3 aliphatic rings. The fourth-order valence-electron chi connectivity index (χ4n) is 6.30. The van der Waals surface area contributed by atoms with Gasteiger partial charge in [0.15, 0.2) is 0 Å². The molecule has 174 valence electrons. The molecule has 31 heavy (non-hydrogen) atoms. The third kappa shape index (κ3) is 4.60. The zero-order chi connectivity index (χ0) is 22.4. The number of benzene rings is 1. The fourth-order valence-corrected chi connectivity index (χ4v) is 6.30. The summed E-state index contributed by atoms with van der Waals surface area (Å²) in [5.74, 6) is 0.712. The van der Waals surface area contributed by atoms with Gasteiger partial charge in [-0.25, -0.2) is 0 Å². The van der Waals surface area contributed by atoms with Gasteiger partial charge in [-0.05, 0) is 54.2 Å². The number of ether oxygens (including phenoxy) is 1. The summed E-state index contributed by atoms with van der Waals surface area (Å²) in [5.41, 5.74) is 0.371. The van der Waals surface area contributed by atoms with E-state index in [-0.39, 0.29) is 16.9 Å². The maximum atomic E-state index is 13.0. The molecule has 2 aliphatic carbocycles. The highest BCUT2D eigenvalue weighted by atomic mass is 19.4. The van der Waals surface area contributed by atoms with Gasteiger partial charge in [0, 0.05) is 38.4 Å². The lowest BCUT2D eigenvalue weighted by Gasteiger charge is -2.43. The van der Waals surface area contributed by atoms with Crippen molar-refractivity contribution in [3.8, 4) is 0 Å². The van der Waals surface area contributed by atoms with Gasteiger partial charge in [0.05, 0.1) is 24.4 Å². The quantitative estimate of drug-likeness (QED) is 0.711. The lowest BCUT2D eigenvalue weighted by atomic mass is 9.70. The number of fused-ring (bicyclic) bond motifs is 2. The normalized spacial score (nSPS) is 31.9. The molecule has 1 N–H and O–H groups in total. The van der Waals surface area contributed by atoms with Crippen molar-refractivity contribution in [2.24, 2.45) is 16.7 Å². The van der Waals surface area contributed by atoms with Crippen LogP contribution in [-0.2, 0) is 10.9 Å². The van der Waals surface area contributed by atoms with E-state index in [1.165, 1.54) is 31.4 Å². The molecule has 0 spiro atoms. The molecule has 0 unspecified atom stereocenters. The van der Waals surface area contributed by atoms with Crippen LogP contribution in [0.2, 0.25) is 0 Å². The Kier molecular flexibility index (Phi) is 6.07. The van der Waals surface area contributed by atoms with Gasteiger partial charge >= 0.3 is 6.18 Å². The van der Waals surface area contributed by atoms with Crippen LogP contribution in [0.1, 0.15) is 45.6 Å². The minimum atomic E-state index is -4.33. The number of aliphatic hydroxyl groups is 1. The Hall–Kier alpha value is -1.31. The first kappa shape index (κ1) is 22.9. The van der Waals surface area contributed by atoms with Gasteiger partial charge in [-0.15, -0.1) is 0 Å². The molecular formula is C24H35F3N2O2. The van der Waals surface area contributed by atoms with Gasteiger partial charge in [-0.1, -0.05) is 26.8 Å². The van der Waals surface area contributed by atoms with E-state index in [4.69, 9.17) is 4.74 Å². The number of hydrogen-bond donors (Lipinski definition) is 1. The van der Waals surface area contributed by atoms with E-state index < -0.39 is 17.8 Å². The van der Waals surface area contributed by atoms with E-state index >= 15 is 0 Å². The van der Waals surface area contributed by atoms with Crippen molar-refractivity contribution in [3.63, 3.8) is 0 Å². The molecule has 1 aromatic rings. The third-order valence-corrected chi connectivity index (χ3v) is 7.97. The number of aliphatic hydroxyl groups excluding tert-OH is 1. The second kappa shape index (κ2) is 8.23. The molecule has 7 heteroatoms. The lowest BCUT2D eigenvalue weighted by molar-refractivity contribution is -0.137. The van der Waals surface area contributed by atoms with E-state index in [1.807, 2.05) is 4.90 Å². The Balaban J connectivity index is 1.25. The Morgan fingerprint density at radius 3 is 2.48 bits per heavy atom. The predicted molar refractivity (Wildman–Crippen MR) is 115 cm³/mol. The first-order valence-electron chi connectivity index (χ1n) is 11.4. The zero-order valence-electron chi connectivity index (χ0n) is 18.8. The second-order valence-corrected chi connectivity index (χ2v) is 10.6. The molecule has 4 atom stereocenters. The first-order valence-corrected chi connectivity index (χ1v) is 11.4. The van der Waals surface area contributed by atoms with Gasteiger partial charge < -0.3 is 14.7 Å². The van der Waals surface area contributed by atoms with Gasteiger partial charge in [0.25, 0.3) is 0 Å². The van der Waals surface area contributed by atoms with Crippen molar-refractivity contribution in [2.75, 3.05) is 44.2 Å². The first-order chi connectivity index (χ1) is 14.5. The van der Waals surface area contributed by atoms with Crippen LogP contribution in [0.3, 0.4) is 0 Å². The van der Waals surface area contributed by atoms with E-state index in [0.29, 0.717) is 50.9 Å². The molecular weight excluding hydrogens is 405 g/mol. The van der Waals surface area contributed by atoms with Gasteiger partial charge in [-0.3, -0.25) is 4.90 Å². The number of rotatable bonds is 6. The van der Waals surface area contributed by atoms with Crippen molar-refractivity contribution in [1.29, 1.82) is 0 Å². The number of alkyl halides is 3. The summed E-state index contributed by atoms with van der Waals surface area (Å²) in [4.78, 5) is 4.15. The Bertz CT molecular complexity index is 772. The Labute approximate surface area is 183 Å². The molecule has 1 saturated heterocycles. The second-order valence-electron chi connectivity index (χ2n) is 10.6. The van der Waals surface area contributed by atoms with Crippen LogP contribution in [0.5, 0.6) is 0 Å². The van der Waals surface area contributed by atoms with E-state index in [2.05, 4.69) is 25.7 Å². The largest absolute Gasteiger partial charge is 0.416 e. The molecule has 2 bridgehead atoms. The van der Waals surface area contributed by atoms with Crippen LogP contribution in [0.25, 0.3) is 0 Å². The lowest BCUT2D eigenvalue weighted by Crippen LogP contribution is -2.50. The highest BCUT2D eigenvalue weighted by Gasteiger charge is 2.60. The molecule has 0 radical (unpaired) electrons. The van der Waals surface area contributed by atoms with E-state index in [0.717, 1.165) is 6.07 Å². The summed E-state index contributed by atoms with van der Waals surface area (Å²) >= 11 is 0. The summed E-state index contributed by atoms with van der Waals surface area (Å²) in [6.07, 6.45) is -0.990. The smallest absolute Gasteiger partial charge is 0.389 e.